The van der Waals surface area contributed by atoms with Crippen molar-refractivity contribution in [3.8, 4) is 0 Å². The van der Waals surface area contributed by atoms with Crippen molar-refractivity contribution in [3.05, 3.63) is 59.9 Å². The number of anilines is 1. The summed E-state index contributed by atoms with van der Waals surface area (Å²) >= 11 is 1.41. The maximum absolute atomic E-state index is 13.2. The van der Waals surface area contributed by atoms with Crippen molar-refractivity contribution < 1.29 is 29.0 Å². The highest BCUT2D eigenvalue weighted by atomic mass is 32.2. The first kappa shape index (κ1) is 25.0. The van der Waals surface area contributed by atoms with Gasteiger partial charge in [-0.2, -0.15) is 0 Å². The third-order valence-corrected chi connectivity index (χ3v) is 6.02. The van der Waals surface area contributed by atoms with E-state index in [1.54, 1.807) is 39.2 Å². The number of nitrogens with zero attached hydrogens (tertiary/aromatic N) is 2. The van der Waals surface area contributed by atoms with Crippen LogP contribution in [0.1, 0.15) is 42.1 Å². The van der Waals surface area contributed by atoms with E-state index in [-0.39, 0.29) is 17.8 Å². The molecule has 2 N–H and O–H groups in total. The third-order valence-electron chi connectivity index (χ3n) is 4.69. The van der Waals surface area contributed by atoms with Gasteiger partial charge in [0.15, 0.2) is 0 Å². The normalized spacial score (nSPS) is 17.7. The minimum absolute atomic E-state index is 0.0949. The molecule has 1 fully saturated rings. The molecule has 10 nitrogen and oxygen atoms in total. The number of benzene rings is 1. The number of aromatic carboxylic acids is 1. The Morgan fingerprint density at radius 2 is 1.97 bits per heavy atom. The SMILES string of the molecule is CC(C)(C)OC(=O)C1CSC(c2cccnc2)N1C(=O)CNC(=O)Nc1cccc(C(=O)[O-])c1. The van der Waals surface area contributed by atoms with Gasteiger partial charge in [0.2, 0.25) is 5.91 Å². The molecule has 2 aromatic rings. The standard InChI is InChI=1S/C23H26N4O6S/c1-23(2,3)33-21(31)17-13-34-19(15-7-5-9-24-11-15)27(17)18(28)12-25-22(32)26-16-8-4-6-14(10-16)20(29)30/h4-11,17,19H,12-13H2,1-3H3,(H,29,30)(H2,25,26,32)/p-1. The Morgan fingerprint density at radius 1 is 1.21 bits per heavy atom. The van der Waals surface area contributed by atoms with Gasteiger partial charge in [-0.25, -0.2) is 9.59 Å². The molecule has 0 aliphatic carbocycles. The van der Waals surface area contributed by atoms with Gasteiger partial charge in [0.1, 0.15) is 17.0 Å². The lowest BCUT2D eigenvalue weighted by Crippen LogP contribution is -2.49. The second-order valence-corrected chi connectivity index (χ2v) is 9.61. The topological polar surface area (TPSA) is 141 Å². The fourth-order valence-electron chi connectivity index (χ4n) is 3.29. The molecule has 11 heteroatoms. The van der Waals surface area contributed by atoms with Crippen molar-refractivity contribution >= 4 is 41.3 Å². The first-order chi connectivity index (χ1) is 16.0. The van der Waals surface area contributed by atoms with Crippen LogP contribution in [0.25, 0.3) is 0 Å². The van der Waals surface area contributed by atoms with E-state index in [4.69, 9.17) is 4.74 Å². The summed E-state index contributed by atoms with van der Waals surface area (Å²) < 4.78 is 5.51. The van der Waals surface area contributed by atoms with Crippen LogP contribution in [0.3, 0.4) is 0 Å². The molecular formula is C23H25N4O6S-. The smallest absolute Gasteiger partial charge is 0.330 e. The van der Waals surface area contributed by atoms with Crippen LogP contribution in [0.5, 0.6) is 0 Å². The molecule has 3 rings (SSSR count). The molecule has 2 unspecified atom stereocenters. The van der Waals surface area contributed by atoms with E-state index in [2.05, 4.69) is 15.6 Å². The maximum atomic E-state index is 13.2. The van der Waals surface area contributed by atoms with E-state index in [9.17, 15) is 24.3 Å². The molecule has 1 aromatic carbocycles. The lowest BCUT2D eigenvalue weighted by atomic mass is 10.1. The van der Waals surface area contributed by atoms with Gasteiger partial charge in [0, 0.05) is 29.4 Å². The van der Waals surface area contributed by atoms with E-state index >= 15 is 0 Å². The number of carboxylic acids is 1. The number of nitrogens with one attached hydrogen (secondary N) is 2. The Bertz CT molecular complexity index is 1070. The summed E-state index contributed by atoms with van der Waals surface area (Å²) in [5.74, 6) is -2.04. The summed E-state index contributed by atoms with van der Waals surface area (Å²) in [6.45, 7) is 4.86. The van der Waals surface area contributed by atoms with Gasteiger partial charge in [-0.3, -0.25) is 9.78 Å². The highest BCUT2D eigenvalue weighted by Gasteiger charge is 2.44. The van der Waals surface area contributed by atoms with Crippen molar-refractivity contribution in [2.45, 2.75) is 37.8 Å². The zero-order valence-corrected chi connectivity index (χ0v) is 19.8. The van der Waals surface area contributed by atoms with Crippen molar-refractivity contribution in [3.63, 3.8) is 0 Å². The quantitative estimate of drug-likeness (QED) is 0.587. The van der Waals surface area contributed by atoms with Gasteiger partial charge in [0.25, 0.3) is 0 Å². The van der Waals surface area contributed by atoms with Crippen LogP contribution >= 0.6 is 11.8 Å². The summed E-state index contributed by atoms with van der Waals surface area (Å²) in [5.41, 5.74) is 0.155. The van der Waals surface area contributed by atoms with Gasteiger partial charge in [-0.1, -0.05) is 18.2 Å². The van der Waals surface area contributed by atoms with Crippen LogP contribution in [0, 0.1) is 0 Å². The van der Waals surface area contributed by atoms with Crippen molar-refractivity contribution in [1.82, 2.24) is 15.2 Å². The first-order valence-electron chi connectivity index (χ1n) is 10.5. The minimum Gasteiger partial charge on any atom is -0.545 e. The Morgan fingerprint density at radius 3 is 2.62 bits per heavy atom. The summed E-state index contributed by atoms with van der Waals surface area (Å²) in [4.78, 5) is 54.8. The van der Waals surface area contributed by atoms with E-state index in [1.165, 1.54) is 40.9 Å². The molecule has 1 aromatic heterocycles. The monoisotopic (exact) mass is 485 g/mol. The molecule has 1 saturated heterocycles. The number of urea groups is 1. The lowest BCUT2D eigenvalue weighted by Gasteiger charge is -2.30. The molecule has 0 saturated carbocycles. The van der Waals surface area contributed by atoms with Gasteiger partial charge >= 0.3 is 12.0 Å². The molecule has 34 heavy (non-hydrogen) atoms. The van der Waals surface area contributed by atoms with Crippen molar-refractivity contribution in [2.75, 3.05) is 17.6 Å². The highest BCUT2D eigenvalue weighted by molar-refractivity contribution is 7.99. The zero-order valence-electron chi connectivity index (χ0n) is 18.9. The minimum atomic E-state index is -1.37. The zero-order chi connectivity index (χ0) is 24.9. The van der Waals surface area contributed by atoms with Crippen molar-refractivity contribution in [2.24, 2.45) is 0 Å². The molecule has 0 bridgehead atoms. The van der Waals surface area contributed by atoms with Crippen LogP contribution in [0.15, 0.2) is 48.8 Å². The molecule has 1 aliphatic heterocycles. The number of esters is 1. The van der Waals surface area contributed by atoms with Crippen LogP contribution in [-0.2, 0) is 14.3 Å². The summed E-state index contributed by atoms with van der Waals surface area (Å²) in [6, 6.07) is 7.55. The number of amides is 3. The summed E-state index contributed by atoms with van der Waals surface area (Å²) in [6.07, 6.45) is 3.24. The Labute approximate surface area is 201 Å². The fraction of sp³-hybridized carbons (Fsp3) is 0.348. The Hall–Kier alpha value is -3.60. The van der Waals surface area contributed by atoms with Gasteiger partial charge < -0.3 is 30.2 Å². The van der Waals surface area contributed by atoms with Gasteiger partial charge in [-0.05, 0) is 44.5 Å². The molecular weight excluding hydrogens is 460 g/mol. The lowest BCUT2D eigenvalue weighted by molar-refractivity contribution is -0.255. The number of hydrogen-bond donors (Lipinski definition) is 2. The van der Waals surface area contributed by atoms with Crippen molar-refractivity contribution in [1.29, 1.82) is 0 Å². The van der Waals surface area contributed by atoms with Crippen LogP contribution in [0.4, 0.5) is 10.5 Å². The third kappa shape index (κ3) is 6.47. The van der Waals surface area contributed by atoms with E-state index in [1.807, 2.05) is 6.07 Å². The first-order valence-corrected chi connectivity index (χ1v) is 11.5. The molecule has 0 radical (unpaired) electrons. The van der Waals surface area contributed by atoms with E-state index in [0.717, 1.165) is 5.56 Å². The number of pyridine rings is 1. The Balaban J connectivity index is 1.71. The average molecular weight is 486 g/mol. The number of ether oxygens (including phenoxy) is 1. The molecule has 0 spiro atoms. The Kier molecular flexibility index (Phi) is 7.77. The molecule has 180 valence electrons. The van der Waals surface area contributed by atoms with Crippen LogP contribution in [0.2, 0.25) is 0 Å². The van der Waals surface area contributed by atoms with E-state index in [0.29, 0.717) is 5.75 Å². The predicted octanol–water partition coefficient (Wildman–Crippen LogP) is 1.55. The molecule has 1 aliphatic rings. The molecule has 3 amide bonds. The summed E-state index contributed by atoms with van der Waals surface area (Å²) in [7, 11) is 0. The van der Waals surface area contributed by atoms with Crippen LogP contribution in [-0.4, -0.2) is 57.7 Å². The number of hydrogen-bond acceptors (Lipinski definition) is 8. The summed E-state index contributed by atoms with van der Waals surface area (Å²) in [5, 5.41) is 15.4. The van der Waals surface area contributed by atoms with Gasteiger partial charge in [0.05, 0.1) is 12.5 Å². The average Bonchev–Trinajstić information content (AvgIpc) is 3.23. The predicted molar refractivity (Wildman–Crippen MR) is 124 cm³/mol. The van der Waals surface area contributed by atoms with Gasteiger partial charge in [-0.15, -0.1) is 11.8 Å². The number of carbonyl (C=O) groups is 4. The number of carboxylic acid groups (broad SMARTS) is 1. The van der Waals surface area contributed by atoms with Crippen LogP contribution < -0.4 is 15.7 Å². The molecule has 2 atom stereocenters. The maximum Gasteiger partial charge on any atom is 0.330 e. The number of aromatic nitrogens is 1. The molecule has 2 heterocycles. The fourth-order valence-corrected chi connectivity index (χ4v) is 4.71. The highest BCUT2D eigenvalue weighted by Crippen LogP contribution is 2.41. The largest absolute Gasteiger partial charge is 0.545 e. The second kappa shape index (κ2) is 10.6. The number of carbonyl (C=O) groups excluding carboxylic acids is 4. The number of thioether (sulfide) groups is 1. The van der Waals surface area contributed by atoms with E-state index < -0.39 is 40.9 Å². The second-order valence-electron chi connectivity index (χ2n) is 8.50. The number of rotatable bonds is 6.